The molecule has 0 amide bonds. The van der Waals surface area contributed by atoms with Crippen molar-refractivity contribution in [3.63, 3.8) is 0 Å². The van der Waals surface area contributed by atoms with Crippen molar-refractivity contribution in [1.29, 1.82) is 0 Å². The third kappa shape index (κ3) is 3.51. The first-order valence-corrected chi connectivity index (χ1v) is 8.22. The Labute approximate surface area is 137 Å². The second-order valence-electron chi connectivity index (χ2n) is 7.14. The van der Waals surface area contributed by atoms with Crippen molar-refractivity contribution < 1.29 is 19.0 Å². The maximum atomic E-state index is 13.2. The second kappa shape index (κ2) is 6.49. The van der Waals surface area contributed by atoms with Gasteiger partial charge in [-0.2, -0.15) is 0 Å². The highest BCUT2D eigenvalue weighted by molar-refractivity contribution is 6.01. The zero-order valence-electron chi connectivity index (χ0n) is 14.1. The van der Waals surface area contributed by atoms with E-state index in [1.54, 1.807) is 0 Å². The van der Waals surface area contributed by atoms with Crippen LogP contribution in [0.5, 0.6) is 11.5 Å². The Balaban J connectivity index is 1.88. The van der Waals surface area contributed by atoms with Gasteiger partial charge in [0, 0.05) is 18.7 Å². The molecule has 1 saturated heterocycles. The van der Waals surface area contributed by atoms with E-state index in [1.165, 1.54) is 0 Å². The number of fused-ring (bicyclic) bond motifs is 1. The molecule has 1 unspecified atom stereocenters. The van der Waals surface area contributed by atoms with Gasteiger partial charge in [0.25, 0.3) is 0 Å². The molecule has 0 saturated carbocycles. The summed E-state index contributed by atoms with van der Waals surface area (Å²) < 4.78 is 16.6. The number of ketones is 1. The molecule has 0 N–H and O–H groups in total. The molecule has 3 rings (SSSR count). The van der Waals surface area contributed by atoms with Crippen LogP contribution in [-0.4, -0.2) is 56.2 Å². The fourth-order valence-electron chi connectivity index (χ4n) is 3.30. The van der Waals surface area contributed by atoms with Gasteiger partial charge in [0.1, 0.15) is 13.2 Å². The number of morpholine rings is 1. The molecular formula is C18H25NO4. The number of benzene rings is 1. The van der Waals surface area contributed by atoms with E-state index in [1.807, 2.05) is 18.2 Å². The van der Waals surface area contributed by atoms with Crippen LogP contribution >= 0.6 is 0 Å². The first-order valence-electron chi connectivity index (χ1n) is 8.22. The number of carbonyl (C=O) groups excluding carboxylic acids is 1. The van der Waals surface area contributed by atoms with E-state index in [0.29, 0.717) is 43.5 Å². The van der Waals surface area contributed by atoms with Crippen molar-refractivity contribution in [2.24, 2.45) is 5.41 Å². The number of hydrogen-bond donors (Lipinski definition) is 0. The summed E-state index contributed by atoms with van der Waals surface area (Å²) in [6, 6.07) is 5.32. The molecule has 0 aliphatic carbocycles. The van der Waals surface area contributed by atoms with E-state index in [-0.39, 0.29) is 17.2 Å². The van der Waals surface area contributed by atoms with Gasteiger partial charge >= 0.3 is 0 Å². The average Bonchev–Trinajstić information content (AvgIpc) is 2.54. The predicted molar refractivity (Wildman–Crippen MR) is 87.4 cm³/mol. The Morgan fingerprint density at radius 1 is 1.04 bits per heavy atom. The number of Topliss-reactive ketones (excluding diaryl/α,β-unsaturated/α-hetero) is 1. The lowest BCUT2D eigenvalue weighted by molar-refractivity contribution is -0.00462. The van der Waals surface area contributed by atoms with Crippen LogP contribution in [-0.2, 0) is 4.74 Å². The van der Waals surface area contributed by atoms with E-state index in [2.05, 4.69) is 25.7 Å². The van der Waals surface area contributed by atoms with E-state index in [0.717, 1.165) is 13.1 Å². The van der Waals surface area contributed by atoms with Crippen LogP contribution in [0, 0.1) is 5.41 Å². The lowest BCUT2D eigenvalue weighted by Gasteiger charge is -2.41. The molecule has 2 heterocycles. The van der Waals surface area contributed by atoms with Crippen LogP contribution < -0.4 is 9.47 Å². The van der Waals surface area contributed by atoms with E-state index >= 15 is 0 Å². The molecule has 2 aliphatic rings. The summed E-state index contributed by atoms with van der Waals surface area (Å²) in [7, 11) is 0. The summed E-state index contributed by atoms with van der Waals surface area (Å²) in [5.74, 6) is 1.51. The topological polar surface area (TPSA) is 48.0 Å². The highest BCUT2D eigenvalue weighted by Crippen LogP contribution is 2.34. The summed E-state index contributed by atoms with van der Waals surface area (Å²) in [4.78, 5) is 15.4. The van der Waals surface area contributed by atoms with Crippen molar-refractivity contribution >= 4 is 5.78 Å². The average molecular weight is 319 g/mol. The van der Waals surface area contributed by atoms with Crippen molar-refractivity contribution in [2.75, 3.05) is 39.5 Å². The number of carbonyl (C=O) groups is 1. The molecule has 1 aromatic carbocycles. The molecule has 126 valence electrons. The fraction of sp³-hybridized carbons (Fsp3) is 0.611. The Morgan fingerprint density at radius 3 is 2.35 bits per heavy atom. The number of hydrogen-bond acceptors (Lipinski definition) is 5. The molecular weight excluding hydrogens is 294 g/mol. The van der Waals surface area contributed by atoms with Crippen molar-refractivity contribution in [3.8, 4) is 11.5 Å². The lowest BCUT2D eigenvalue weighted by Crippen LogP contribution is -2.53. The third-order valence-electron chi connectivity index (χ3n) is 4.31. The lowest BCUT2D eigenvalue weighted by atomic mass is 9.80. The summed E-state index contributed by atoms with van der Waals surface area (Å²) in [6.07, 6.45) is 0. The Hall–Kier alpha value is -1.59. The Morgan fingerprint density at radius 2 is 1.70 bits per heavy atom. The minimum atomic E-state index is -0.172. The van der Waals surface area contributed by atoms with Gasteiger partial charge in [0.2, 0.25) is 0 Å². The van der Waals surface area contributed by atoms with Crippen molar-refractivity contribution in [3.05, 3.63) is 23.8 Å². The molecule has 1 atom stereocenters. The number of nitrogens with zero attached hydrogens (tertiary/aromatic N) is 1. The third-order valence-corrected chi connectivity index (χ3v) is 4.31. The van der Waals surface area contributed by atoms with Gasteiger partial charge in [-0.25, -0.2) is 0 Å². The summed E-state index contributed by atoms with van der Waals surface area (Å²) in [6.45, 7) is 10.4. The fourth-order valence-corrected chi connectivity index (χ4v) is 3.30. The summed E-state index contributed by atoms with van der Waals surface area (Å²) in [5, 5.41) is 0. The molecule has 5 nitrogen and oxygen atoms in total. The van der Waals surface area contributed by atoms with Crippen LogP contribution in [0.3, 0.4) is 0 Å². The van der Waals surface area contributed by atoms with Gasteiger partial charge in [-0.3, -0.25) is 9.69 Å². The van der Waals surface area contributed by atoms with Gasteiger partial charge in [0.05, 0.1) is 19.3 Å². The molecule has 23 heavy (non-hydrogen) atoms. The normalized spacial score (nSPS) is 20.1. The van der Waals surface area contributed by atoms with Crippen molar-refractivity contribution in [1.82, 2.24) is 4.90 Å². The van der Waals surface area contributed by atoms with E-state index < -0.39 is 0 Å². The van der Waals surface area contributed by atoms with Crippen LogP contribution in [0.25, 0.3) is 0 Å². The molecule has 5 heteroatoms. The maximum Gasteiger partial charge on any atom is 0.180 e. The molecule has 1 aromatic rings. The largest absolute Gasteiger partial charge is 0.486 e. The maximum absolute atomic E-state index is 13.2. The van der Waals surface area contributed by atoms with Gasteiger partial charge in [-0.1, -0.05) is 20.8 Å². The highest BCUT2D eigenvalue weighted by Gasteiger charge is 2.37. The Kier molecular flexibility index (Phi) is 4.60. The number of rotatable bonds is 3. The molecule has 0 spiro atoms. The molecule has 0 bridgehead atoms. The molecule has 1 fully saturated rings. The van der Waals surface area contributed by atoms with Gasteiger partial charge < -0.3 is 14.2 Å². The van der Waals surface area contributed by atoms with Crippen LogP contribution in [0.1, 0.15) is 31.1 Å². The van der Waals surface area contributed by atoms with Gasteiger partial charge in [-0.05, 0) is 23.6 Å². The molecule has 0 aromatic heterocycles. The zero-order chi connectivity index (χ0) is 16.4. The quantitative estimate of drug-likeness (QED) is 0.801. The molecule has 0 radical (unpaired) electrons. The SMILES string of the molecule is CC(C)(C)C(C(=O)c1ccc2c(c1)OCCO2)N1CCOCC1. The second-order valence-corrected chi connectivity index (χ2v) is 7.14. The summed E-state index contributed by atoms with van der Waals surface area (Å²) in [5.41, 5.74) is 0.530. The minimum absolute atomic E-state index is 0.136. The smallest absolute Gasteiger partial charge is 0.180 e. The first kappa shape index (κ1) is 16.3. The predicted octanol–water partition coefficient (Wildman–Crippen LogP) is 2.39. The highest BCUT2D eigenvalue weighted by atomic mass is 16.6. The van der Waals surface area contributed by atoms with E-state index in [4.69, 9.17) is 14.2 Å². The minimum Gasteiger partial charge on any atom is -0.486 e. The Bertz CT molecular complexity index is 573. The zero-order valence-corrected chi connectivity index (χ0v) is 14.1. The van der Waals surface area contributed by atoms with Crippen molar-refractivity contribution in [2.45, 2.75) is 26.8 Å². The van der Waals surface area contributed by atoms with Gasteiger partial charge in [-0.15, -0.1) is 0 Å². The monoisotopic (exact) mass is 319 g/mol. The van der Waals surface area contributed by atoms with E-state index in [9.17, 15) is 4.79 Å². The molecule has 2 aliphatic heterocycles. The van der Waals surface area contributed by atoms with Crippen LogP contribution in [0.4, 0.5) is 0 Å². The first-order chi connectivity index (χ1) is 11.0. The number of ether oxygens (including phenoxy) is 3. The van der Waals surface area contributed by atoms with Crippen LogP contribution in [0.15, 0.2) is 18.2 Å². The van der Waals surface area contributed by atoms with Gasteiger partial charge in [0.15, 0.2) is 17.3 Å². The standard InChI is InChI=1S/C18H25NO4/c1-18(2,3)17(19-6-8-21-9-7-19)16(20)13-4-5-14-15(12-13)23-11-10-22-14/h4-5,12,17H,6-11H2,1-3H3. The van der Waals surface area contributed by atoms with Crippen LogP contribution in [0.2, 0.25) is 0 Å². The summed E-state index contributed by atoms with van der Waals surface area (Å²) >= 11 is 0.